The molecule has 0 saturated heterocycles. The summed E-state index contributed by atoms with van der Waals surface area (Å²) >= 11 is 0. The normalized spacial score (nSPS) is 10.8. The number of hydrogen-bond acceptors (Lipinski definition) is 2. The third-order valence-corrected chi connectivity index (χ3v) is 3.18. The Hall–Kier alpha value is -2.10. The van der Waals surface area contributed by atoms with Crippen LogP contribution in [0.4, 0.5) is 20.2 Å². The second-order valence-electron chi connectivity index (χ2n) is 5.11. The van der Waals surface area contributed by atoms with E-state index in [1.165, 1.54) is 5.56 Å². The van der Waals surface area contributed by atoms with Crippen molar-refractivity contribution in [3.05, 3.63) is 59.2 Å². The highest BCUT2D eigenvalue weighted by molar-refractivity contribution is 5.54. The second kappa shape index (κ2) is 5.90. The second-order valence-corrected chi connectivity index (χ2v) is 5.11. The van der Waals surface area contributed by atoms with E-state index in [9.17, 15) is 8.78 Å². The van der Waals surface area contributed by atoms with Gasteiger partial charge in [0, 0.05) is 12.2 Å². The van der Waals surface area contributed by atoms with Crippen LogP contribution in [0.25, 0.3) is 0 Å². The number of hydrogen-bond donors (Lipinski definition) is 2. The summed E-state index contributed by atoms with van der Waals surface area (Å²) in [5, 5.41) is 2.77. The van der Waals surface area contributed by atoms with Crippen molar-refractivity contribution in [2.45, 2.75) is 26.3 Å². The molecule has 0 atom stereocenters. The van der Waals surface area contributed by atoms with Crippen LogP contribution in [0.2, 0.25) is 0 Å². The summed E-state index contributed by atoms with van der Waals surface area (Å²) in [4.78, 5) is 0. The van der Waals surface area contributed by atoms with Crippen molar-refractivity contribution in [2.24, 2.45) is 0 Å². The molecule has 0 saturated carbocycles. The molecule has 0 unspecified atom stereocenters. The molecule has 106 valence electrons. The van der Waals surface area contributed by atoms with Crippen molar-refractivity contribution < 1.29 is 8.78 Å². The molecule has 0 aromatic heterocycles. The van der Waals surface area contributed by atoms with E-state index in [0.29, 0.717) is 12.5 Å². The summed E-state index contributed by atoms with van der Waals surface area (Å²) in [6, 6.07) is 10.2. The van der Waals surface area contributed by atoms with Gasteiger partial charge in [0.15, 0.2) is 11.6 Å². The van der Waals surface area contributed by atoms with E-state index in [-0.39, 0.29) is 11.4 Å². The monoisotopic (exact) mass is 276 g/mol. The van der Waals surface area contributed by atoms with E-state index >= 15 is 0 Å². The van der Waals surface area contributed by atoms with Gasteiger partial charge in [-0.2, -0.15) is 0 Å². The molecule has 0 aliphatic carbocycles. The van der Waals surface area contributed by atoms with Crippen molar-refractivity contribution in [3.8, 4) is 0 Å². The quantitative estimate of drug-likeness (QED) is 0.818. The zero-order chi connectivity index (χ0) is 14.7. The largest absolute Gasteiger partial charge is 0.399 e. The van der Waals surface area contributed by atoms with Crippen molar-refractivity contribution in [1.29, 1.82) is 0 Å². The highest BCUT2D eigenvalue weighted by Gasteiger charge is 2.09. The average molecular weight is 276 g/mol. The maximum atomic E-state index is 13.6. The predicted octanol–water partition coefficient (Wildman–Crippen LogP) is 4.28. The van der Waals surface area contributed by atoms with E-state index in [4.69, 9.17) is 5.73 Å². The number of nitrogens with two attached hydrogens (primary N) is 1. The maximum Gasteiger partial charge on any atom is 0.151 e. The molecule has 2 aromatic carbocycles. The van der Waals surface area contributed by atoms with Crippen LogP contribution in [0.15, 0.2) is 36.4 Å². The lowest BCUT2D eigenvalue weighted by Crippen LogP contribution is -2.05. The first-order valence-corrected chi connectivity index (χ1v) is 6.54. The predicted molar refractivity (Wildman–Crippen MR) is 78.6 cm³/mol. The minimum absolute atomic E-state index is 0.0758. The summed E-state index contributed by atoms with van der Waals surface area (Å²) < 4.78 is 27.2. The van der Waals surface area contributed by atoms with Crippen LogP contribution < -0.4 is 11.1 Å². The summed E-state index contributed by atoms with van der Waals surface area (Å²) in [5.74, 6) is -0.897. The molecular formula is C16H18F2N2. The van der Waals surface area contributed by atoms with Crippen LogP contribution in [0.5, 0.6) is 0 Å². The molecule has 0 aliphatic rings. The summed E-state index contributed by atoms with van der Waals surface area (Å²) in [6.45, 7) is 4.59. The van der Waals surface area contributed by atoms with Gasteiger partial charge in [-0.25, -0.2) is 8.78 Å². The highest BCUT2D eigenvalue weighted by Crippen LogP contribution is 2.23. The number of anilines is 2. The van der Waals surface area contributed by atoms with Gasteiger partial charge in [0.05, 0.1) is 0 Å². The van der Waals surface area contributed by atoms with E-state index in [1.54, 1.807) is 0 Å². The number of halogens is 2. The zero-order valence-electron chi connectivity index (χ0n) is 11.6. The zero-order valence-corrected chi connectivity index (χ0v) is 11.6. The highest BCUT2D eigenvalue weighted by atomic mass is 19.1. The standard InChI is InChI=1S/C16H18F2N2/c1-10(2)12-5-3-11(4-6-12)9-20-16-14(17)7-13(19)8-15(16)18/h3-8,10,20H,9,19H2,1-2H3. The molecule has 4 heteroatoms. The number of benzene rings is 2. The molecule has 0 aliphatic heterocycles. The van der Waals surface area contributed by atoms with Gasteiger partial charge in [-0.1, -0.05) is 38.1 Å². The van der Waals surface area contributed by atoms with Gasteiger partial charge in [0.1, 0.15) is 5.69 Å². The van der Waals surface area contributed by atoms with Gasteiger partial charge in [-0.05, 0) is 29.2 Å². The van der Waals surface area contributed by atoms with Crippen molar-refractivity contribution in [2.75, 3.05) is 11.1 Å². The molecule has 0 heterocycles. The Kier molecular flexibility index (Phi) is 4.23. The van der Waals surface area contributed by atoms with Crippen molar-refractivity contribution in [1.82, 2.24) is 0 Å². The van der Waals surface area contributed by atoms with Crippen LogP contribution >= 0.6 is 0 Å². The smallest absolute Gasteiger partial charge is 0.151 e. The SMILES string of the molecule is CC(C)c1ccc(CNc2c(F)cc(N)cc2F)cc1. The first kappa shape index (κ1) is 14.3. The van der Waals surface area contributed by atoms with Gasteiger partial charge in [-0.3, -0.25) is 0 Å². The fourth-order valence-corrected chi connectivity index (χ4v) is 1.97. The molecule has 20 heavy (non-hydrogen) atoms. The van der Waals surface area contributed by atoms with Crippen molar-refractivity contribution in [3.63, 3.8) is 0 Å². The molecule has 2 nitrogen and oxygen atoms in total. The Morgan fingerprint density at radius 1 is 1.05 bits per heavy atom. The van der Waals surface area contributed by atoms with Gasteiger partial charge >= 0.3 is 0 Å². The topological polar surface area (TPSA) is 38.0 Å². The Bertz CT molecular complexity index is 569. The minimum Gasteiger partial charge on any atom is -0.399 e. The Morgan fingerprint density at radius 2 is 1.60 bits per heavy atom. The van der Waals surface area contributed by atoms with Gasteiger partial charge < -0.3 is 11.1 Å². The lowest BCUT2D eigenvalue weighted by molar-refractivity contribution is 0.589. The van der Waals surface area contributed by atoms with Crippen LogP contribution in [-0.4, -0.2) is 0 Å². The van der Waals surface area contributed by atoms with Crippen LogP contribution in [-0.2, 0) is 6.54 Å². The fourth-order valence-electron chi connectivity index (χ4n) is 1.97. The van der Waals surface area contributed by atoms with Gasteiger partial charge in [0.25, 0.3) is 0 Å². The van der Waals surface area contributed by atoms with Crippen LogP contribution in [0, 0.1) is 11.6 Å². The van der Waals surface area contributed by atoms with Gasteiger partial charge in [0.2, 0.25) is 0 Å². The Balaban J connectivity index is 2.09. The molecule has 0 fully saturated rings. The molecule has 2 rings (SSSR count). The fraction of sp³-hybridized carbons (Fsp3) is 0.250. The summed E-state index contributed by atoms with van der Waals surface area (Å²) in [5.41, 5.74) is 7.50. The maximum absolute atomic E-state index is 13.6. The van der Waals surface area contributed by atoms with E-state index in [1.807, 2.05) is 24.3 Å². The third-order valence-electron chi connectivity index (χ3n) is 3.18. The molecule has 2 aromatic rings. The first-order chi connectivity index (χ1) is 9.47. The number of nitrogens with one attached hydrogen (secondary N) is 1. The Labute approximate surface area is 117 Å². The van der Waals surface area contributed by atoms with E-state index in [2.05, 4.69) is 19.2 Å². The van der Waals surface area contributed by atoms with Crippen LogP contribution in [0.3, 0.4) is 0 Å². The first-order valence-electron chi connectivity index (χ1n) is 6.54. The van der Waals surface area contributed by atoms with Crippen molar-refractivity contribution >= 4 is 11.4 Å². The molecule has 0 amide bonds. The number of rotatable bonds is 4. The van der Waals surface area contributed by atoms with Crippen LogP contribution in [0.1, 0.15) is 30.9 Å². The third kappa shape index (κ3) is 3.26. The minimum atomic E-state index is -0.679. The molecule has 0 spiro atoms. The molecule has 3 N–H and O–H groups in total. The van der Waals surface area contributed by atoms with Gasteiger partial charge in [-0.15, -0.1) is 0 Å². The molecule has 0 bridgehead atoms. The molecular weight excluding hydrogens is 258 g/mol. The summed E-state index contributed by atoms with van der Waals surface area (Å²) in [6.07, 6.45) is 0. The van der Waals surface area contributed by atoms with E-state index in [0.717, 1.165) is 17.7 Å². The average Bonchev–Trinajstić information content (AvgIpc) is 2.38. The lowest BCUT2D eigenvalue weighted by Gasteiger charge is -2.11. The Morgan fingerprint density at radius 3 is 2.10 bits per heavy atom. The molecule has 0 radical (unpaired) electrons. The number of nitrogen functional groups attached to an aromatic ring is 1. The lowest BCUT2D eigenvalue weighted by atomic mass is 10.0. The van der Waals surface area contributed by atoms with E-state index < -0.39 is 11.6 Å². The summed E-state index contributed by atoms with van der Waals surface area (Å²) in [7, 11) is 0.